The molecule has 0 aromatic heterocycles. The highest BCUT2D eigenvalue weighted by Crippen LogP contribution is 2.62. The molecule has 0 unspecified atom stereocenters. The van der Waals surface area contributed by atoms with Crippen LogP contribution >= 0.6 is 0 Å². The first kappa shape index (κ1) is 25.9. The second-order valence-corrected chi connectivity index (χ2v) is 9.98. The topological polar surface area (TPSA) is 166 Å². The van der Waals surface area contributed by atoms with Crippen LogP contribution in [-0.2, 0) is 24.5 Å². The fraction of sp³-hybridized carbons (Fsp3) is 0.560. The van der Waals surface area contributed by atoms with E-state index in [1.807, 2.05) is 20.9 Å². The van der Waals surface area contributed by atoms with Gasteiger partial charge in [0.1, 0.15) is 17.9 Å². The minimum absolute atomic E-state index is 0.0768. The van der Waals surface area contributed by atoms with Crippen LogP contribution in [0.15, 0.2) is 24.0 Å². The number of likely N-dealkylation sites (tertiary alicyclic amines) is 1. The number of aryl methyl sites for hydroxylation is 1. The van der Waals surface area contributed by atoms with Gasteiger partial charge in [0.2, 0.25) is 5.91 Å². The molecule has 2 heterocycles. The Morgan fingerprint density at radius 2 is 2.03 bits per heavy atom. The number of rotatable bonds is 6. The molecule has 11 heteroatoms. The van der Waals surface area contributed by atoms with Crippen molar-refractivity contribution in [1.82, 2.24) is 10.2 Å². The van der Waals surface area contributed by atoms with Crippen LogP contribution in [0.5, 0.6) is 11.5 Å². The summed E-state index contributed by atoms with van der Waals surface area (Å²) in [6.07, 6.45) is -1.28. The minimum Gasteiger partial charge on any atom is -0.504 e. The Hall–Kier alpha value is -3.15. The monoisotopic (exact) mass is 504 g/mol. The number of nitrogens with one attached hydrogen (secondary N) is 1. The number of ether oxygens (including phenoxy) is 2. The highest BCUT2D eigenvalue weighted by Gasteiger charge is 2.69. The van der Waals surface area contributed by atoms with Crippen LogP contribution in [0.2, 0.25) is 0 Å². The van der Waals surface area contributed by atoms with Gasteiger partial charge >= 0.3 is 11.9 Å². The molecule has 2 aliphatic heterocycles. The van der Waals surface area contributed by atoms with Gasteiger partial charge in [-0.05, 0) is 58.5 Å². The standard InChI is InChI=1S/C25H32N2O9/c1-12-5-6-15(28)20-19(12)24-9-10-27(4)14(3)25(24,34)8-7-17(21(24)36-20)35-23(33)13(2)26-22(32)16(29)11-18(30)31/h5-7,13-14,16,21,28-29,34H,8-11H2,1-4H3,(H,26,32)(H,30,31)/t13-,14+,16-,21-,24-,25+/m0/s1. The summed E-state index contributed by atoms with van der Waals surface area (Å²) in [5, 5.41) is 43.4. The molecule has 36 heavy (non-hydrogen) atoms. The first-order valence-corrected chi connectivity index (χ1v) is 11.9. The summed E-state index contributed by atoms with van der Waals surface area (Å²) in [6, 6.07) is 1.82. The molecule has 5 N–H and O–H groups in total. The molecular weight excluding hydrogens is 472 g/mol. The Bertz CT molecular complexity index is 1130. The number of hydrogen-bond acceptors (Lipinski definition) is 9. The van der Waals surface area contributed by atoms with Crippen LogP contribution in [0.3, 0.4) is 0 Å². The van der Waals surface area contributed by atoms with Crippen LogP contribution in [0.1, 0.15) is 44.2 Å². The number of amides is 1. The number of benzene rings is 1. The van der Waals surface area contributed by atoms with E-state index in [0.29, 0.717) is 18.5 Å². The Morgan fingerprint density at radius 1 is 1.33 bits per heavy atom. The number of aliphatic hydroxyl groups is 2. The quantitative estimate of drug-likeness (QED) is 0.341. The minimum atomic E-state index is -1.82. The van der Waals surface area contributed by atoms with Gasteiger partial charge in [0.15, 0.2) is 17.6 Å². The Labute approximate surface area is 208 Å². The number of carboxylic acid groups (broad SMARTS) is 1. The van der Waals surface area contributed by atoms with E-state index in [0.717, 1.165) is 5.56 Å². The van der Waals surface area contributed by atoms with Crippen molar-refractivity contribution in [2.24, 2.45) is 0 Å². The van der Waals surface area contributed by atoms with Gasteiger partial charge in [-0.2, -0.15) is 0 Å². The van der Waals surface area contributed by atoms with Crippen molar-refractivity contribution < 1.29 is 44.3 Å². The van der Waals surface area contributed by atoms with Crippen LogP contribution in [0, 0.1) is 6.92 Å². The number of hydrogen-bond donors (Lipinski definition) is 5. The van der Waals surface area contributed by atoms with E-state index < -0.39 is 53.5 Å². The number of aromatic hydroxyl groups is 1. The second kappa shape index (κ2) is 9.06. The molecule has 1 saturated heterocycles. The van der Waals surface area contributed by atoms with E-state index in [-0.39, 0.29) is 29.7 Å². The smallest absolute Gasteiger partial charge is 0.333 e. The van der Waals surface area contributed by atoms with Crippen LogP contribution < -0.4 is 10.1 Å². The largest absolute Gasteiger partial charge is 0.504 e. The number of carbonyl (C=O) groups excluding carboxylic acids is 2. The molecule has 6 atom stereocenters. The molecule has 1 amide bonds. The molecule has 4 rings (SSSR count). The first-order valence-electron chi connectivity index (χ1n) is 11.9. The van der Waals surface area contributed by atoms with Crippen LogP contribution in [0.25, 0.3) is 0 Å². The van der Waals surface area contributed by atoms with E-state index in [9.17, 15) is 29.7 Å². The van der Waals surface area contributed by atoms with Crippen molar-refractivity contribution >= 4 is 17.8 Å². The van der Waals surface area contributed by atoms with Gasteiger partial charge < -0.3 is 40.1 Å². The lowest BCUT2D eigenvalue weighted by molar-refractivity contribution is -0.163. The van der Waals surface area contributed by atoms with Gasteiger partial charge in [-0.3, -0.25) is 9.59 Å². The molecular formula is C25H32N2O9. The van der Waals surface area contributed by atoms with E-state index in [2.05, 4.69) is 10.2 Å². The molecule has 1 aromatic rings. The fourth-order valence-corrected chi connectivity index (χ4v) is 5.84. The summed E-state index contributed by atoms with van der Waals surface area (Å²) in [4.78, 5) is 37.7. The van der Waals surface area contributed by atoms with Crippen LogP contribution in [0.4, 0.5) is 0 Å². The zero-order valence-electron chi connectivity index (χ0n) is 20.6. The summed E-state index contributed by atoms with van der Waals surface area (Å²) in [5.41, 5.74) is -0.757. The predicted octanol–water partition coefficient (Wildman–Crippen LogP) is 0.326. The number of aliphatic carboxylic acids is 1. The molecule has 1 aromatic carbocycles. The van der Waals surface area contributed by atoms with Gasteiger partial charge in [-0.15, -0.1) is 0 Å². The molecule has 0 radical (unpaired) electrons. The van der Waals surface area contributed by atoms with Gasteiger partial charge in [0.25, 0.3) is 0 Å². The molecule has 1 aliphatic carbocycles. The maximum Gasteiger partial charge on any atom is 0.333 e. The summed E-state index contributed by atoms with van der Waals surface area (Å²) >= 11 is 0. The number of likely N-dealkylation sites (N-methyl/N-ethyl adjacent to an activating group) is 1. The molecule has 0 saturated carbocycles. The van der Waals surface area contributed by atoms with E-state index in [1.54, 1.807) is 12.1 Å². The number of esters is 1. The normalized spacial score (nSPS) is 30.6. The lowest BCUT2D eigenvalue weighted by Gasteiger charge is -2.58. The van der Waals surface area contributed by atoms with Crippen molar-refractivity contribution in [2.45, 2.75) is 75.3 Å². The third-order valence-corrected chi connectivity index (χ3v) is 7.93. The zero-order valence-corrected chi connectivity index (χ0v) is 20.6. The summed E-state index contributed by atoms with van der Waals surface area (Å²) in [6.45, 7) is 5.79. The highest BCUT2D eigenvalue weighted by atomic mass is 16.6. The van der Waals surface area contributed by atoms with Gasteiger partial charge in [-0.1, -0.05) is 6.07 Å². The molecule has 11 nitrogen and oxygen atoms in total. The second-order valence-electron chi connectivity index (χ2n) is 9.98. The Morgan fingerprint density at radius 3 is 2.69 bits per heavy atom. The lowest BCUT2D eigenvalue weighted by atomic mass is 9.54. The lowest BCUT2D eigenvalue weighted by Crippen LogP contribution is -2.71. The number of phenolic OH excluding ortho intramolecular Hbond substituents is 1. The predicted molar refractivity (Wildman–Crippen MR) is 125 cm³/mol. The van der Waals surface area contributed by atoms with Crippen molar-refractivity contribution in [2.75, 3.05) is 13.6 Å². The first-order chi connectivity index (χ1) is 16.8. The molecule has 1 fully saturated rings. The summed E-state index contributed by atoms with van der Waals surface area (Å²) in [5.74, 6) is -2.89. The number of piperidine rings is 1. The highest BCUT2D eigenvalue weighted by molar-refractivity contribution is 5.89. The van der Waals surface area contributed by atoms with E-state index in [4.69, 9.17) is 14.6 Å². The van der Waals surface area contributed by atoms with Crippen molar-refractivity contribution in [3.63, 3.8) is 0 Å². The number of nitrogens with zero attached hydrogens (tertiary/aromatic N) is 1. The fourth-order valence-electron chi connectivity index (χ4n) is 5.84. The number of carbonyl (C=O) groups is 3. The van der Waals surface area contributed by atoms with E-state index in [1.165, 1.54) is 13.0 Å². The van der Waals surface area contributed by atoms with Crippen molar-refractivity contribution in [3.05, 3.63) is 35.1 Å². The molecule has 3 aliphatic rings. The van der Waals surface area contributed by atoms with E-state index >= 15 is 0 Å². The molecule has 0 bridgehead atoms. The Kier molecular flexibility index (Phi) is 6.52. The van der Waals surface area contributed by atoms with Crippen molar-refractivity contribution in [3.8, 4) is 11.5 Å². The van der Waals surface area contributed by atoms with Gasteiger partial charge in [0, 0.05) is 18.0 Å². The maximum atomic E-state index is 12.9. The summed E-state index contributed by atoms with van der Waals surface area (Å²) in [7, 11) is 1.93. The maximum absolute atomic E-state index is 12.9. The summed E-state index contributed by atoms with van der Waals surface area (Å²) < 4.78 is 11.9. The SMILES string of the molecule is Cc1ccc(O)c2c1[C@]13CCN(C)[C@H](C)[C@]1(O)CC=C(OC(=O)[C@H](C)NC(=O)[C@@H](O)CC(=O)O)[C@@H]3O2. The third-order valence-electron chi connectivity index (χ3n) is 7.93. The average Bonchev–Trinajstić information content (AvgIpc) is 3.18. The number of phenols is 1. The number of aliphatic hydroxyl groups excluding tert-OH is 1. The van der Waals surface area contributed by atoms with Crippen molar-refractivity contribution in [1.29, 1.82) is 0 Å². The average molecular weight is 505 g/mol. The molecule has 196 valence electrons. The number of carboxylic acids is 1. The zero-order chi connectivity index (χ0) is 26.6. The Balaban J connectivity index is 1.65. The third kappa shape index (κ3) is 3.82. The van der Waals surface area contributed by atoms with Gasteiger partial charge in [0.05, 0.1) is 17.4 Å². The number of fused-ring (bicyclic) bond motifs is 1. The van der Waals surface area contributed by atoms with Gasteiger partial charge in [-0.25, -0.2) is 4.79 Å². The van der Waals surface area contributed by atoms with Crippen LogP contribution in [-0.4, -0.2) is 86.7 Å². The molecule has 1 spiro atoms.